The molecule has 0 spiro atoms. The second kappa shape index (κ2) is 11.0. The average molecular weight is 396 g/mol. The summed E-state index contributed by atoms with van der Waals surface area (Å²) in [5.74, 6) is -1.29. The van der Waals surface area contributed by atoms with Gasteiger partial charge in [-0.1, -0.05) is 37.3 Å². The summed E-state index contributed by atoms with van der Waals surface area (Å²) in [5, 5.41) is 2.68. The molecule has 29 heavy (non-hydrogen) atoms. The Kier molecular flexibility index (Phi) is 8.40. The number of carbonyl (C=O) groups is 3. The summed E-state index contributed by atoms with van der Waals surface area (Å²) < 4.78 is 5.19. The van der Waals surface area contributed by atoms with Gasteiger partial charge in [0.15, 0.2) is 6.61 Å². The number of anilines is 1. The lowest BCUT2D eigenvalue weighted by Gasteiger charge is -2.18. The van der Waals surface area contributed by atoms with Crippen LogP contribution in [0, 0.1) is 0 Å². The molecule has 0 bridgehead atoms. The Morgan fingerprint density at radius 3 is 2.10 bits per heavy atom. The largest absolute Gasteiger partial charge is 0.455 e. The van der Waals surface area contributed by atoms with Gasteiger partial charge in [-0.3, -0.25) is 14.4 Å². The van der Waals surface area contributed by atoms with E-state index in [-0.39, 0.29) is 12.5 Å². The Balaban J connectivity index is 1.89. The van der Waals surface area contributed by atoms with E-state index in [9.17, 15) is 14.4 Å². The fourth-order valence-electron chi connectivity index (χ4n) is 3.05. The average Bonchev–Trinajstić information content (AvgIpc) is 2.75. The summed E-state index contributed by atoms with van der Waals surface area (Å²) >= 11 is 0. The summed E-state index contributed by atoms with van der Waals surface area (Å²) in [6.07, 6.45) is 0.590. The van der Waals surface area contributed by atoms with Crippen molar-refractivity contribution in [3.63, 3.8) is 0 Å². The van der Waals surface area contributed by atoms with Crippen molar-refractivity contribution >= 4 is 23.5 Å². The highest BCUT2D eigenvalue weighted by Crippen LogP contribution is 2.20. The predicted molar refractivity (Wildman–Crippen MR) is 113 cm³/mol. The van der Waals surface area contributed by atoms with Crippen molar-refractivity contribution in [2.45, 2.75) is 33.1 Å². The van der Waals surface area contributed by atoms with Crippen molar-refractivity contribution in [2.75, 3.05) is 25.0 Å². The van der Waals surface area contributed by atoms with Crippen LogP contribution in [-0.4, -0.2) is 42.4 Å². The smallest absolute Gasteiger partial charge is 0.313 e. The monoisotopic (exact) mass is 396 g/mol. The molecule has 0 saturated heterocycles. The molecule has 6 heteroatoms. The van der Waals surface area contributed by atoms with Crippen molar-refractivity contribution < 1.29 is 19.1 Å². The number of benzene rings is 2. The van der Waals surface area contributed by atoms with Gasteiger partial charge in [0.05, 0.1) is 5.92 Å². The normalized spacial score (nSPS) is 11.4. The highest BCUT2D eigenvalue weighted by Gasteiger charge is 2.21. The molecule has 2 aromatic carbocycles. The predicted octanol–water partition coefficient (Wildman–Crippen LogP) is 3.84. The van der Waals surface area contributed by atoms with E-state index in [2.05, 4.69) is 5.32 Å². The Morgan fingerprint density at radius 2 is 1.55 bits per heavy atom. The van der Waals surface area contributed by atoms with Crippen LogP contribution in [0.3, 0.4) is 0 Å². The molecule has 0 aliphatic heterocycles. The van der Waals surface area contributed by atoms with Crippen LogP contribution in [0.4, 0.5) is 5.69 Å². The highest BCUT2D eigenvalue weighted by molar-refractivity contribution is 5.96. The van der Waals surface area contributed by atoms with Gasteiger partial charge in [0.25, 0.3) is 11.8 Å². The molecule has 0 radical (unpaired) electrons. The molecule has 6 nitrogen and oxygen atoms in total. The van der Waals surface area contributed by atoms with Crippen LogP contribution in [0.5, 0.6) is 0 Å². The fraction of sp³-hybridized carbons (Fsp3) is 0.348. The third kappa shape index (κ3) is 6.17. The van der Waals surface area contributed by atoms with E-state index < -0.39 is 17.8 Å². The van der Waals surface area contributed by atoms with E-state index >= 15 is 0 Å². The molecule has 1 atom stereocenters. The molecule has 0 aliphatic carbocycles. The van der Waals surface area contributed by atoms with Crippen molar-refractivity contribution in [1.29, 1.82) is 0 Å². The number of nitrogens with one attached hydrogen (secondary N) is 1. The van der Waals surface area contributed by atoms with Gasteiger partial charge in [-0.05, 0) is 50.1 Å². The molecule has 0 unspecified atom stereocenters. The molecule has 2 aromatic rings. The van der Waals surface area contributed by atoms with Crippen molar-refractivity contribution in [1.82, 2.24) is 4.90 Å². The molecule has 0 fully saturated rings. The molecule has 0 aromatic heterocycles. The maximum absolute atomic E-state index is 12.3. The van der Waals surface area contributed by atoms with E-state index in [4.69, 9.17) is 4.74 Å². The molecule has 0 aliphatic rings. The third-order valence-corrected chi connectivity index (χ3v) is 4.71. The maximum atomic E-state index is 12.3. The third-order valence-electron chi connectivity index (χ3n) is 4.71. The summed E-state index contributed by atoms with van der Waals surface area (Å²) in [5.41, 5.74) is 1.97. The quantitative estimate of drug-likeness (QED) is 0.654. The first-order valence-corrected chi connectivity index (χ1v) is 9.90. The van der Waals surface area contributed by atoms with Crippen LogP contribution in [0.1, 0.15) is 49.0 Å². The lowest BCUT2D eigenvalue weighted by molar-refractivity contribution is -0.149. The molecular weight excluding hydrogens is 368 g/mol. The zero-order valence-corrected chi connectivity index (χ0v) is 17.2. The van der Waals surface area contributed by atoms with Gasteiger partial charge in [0, 0.05) is 24.3 Å². The number of ether oxygens (including phenoxy) is 1. The first-order valence-electron chi connectivity index (χ1n) is 9.90. The first kappa shape index (κ1) is 22.1. The fourth-order valence-corrected chi connectivity index (χ4v) is 3.05. The molecule has 1 N–H and O–H groups in total. The van der Waals surface area contributed by atoms with E-state index in [1.165, 1.54) is 0 Å². The Morgan fingerprint density at radius 1 is 0.931 bits per heavy atom. The number of hydrogen-bond acceptors (Lipinski definition) is 4. The van der Waals surface area contributed by atoms with Gasteiger partial charge in [0.1, 0.15) is 0 Å². The Hall–Kier alpha value is -3.15. The summed E-state index contributed by atoms with van der Waals surface area (Å²) in [6.45, 7) is 6.68. The minimum absolute atomic E-state index is 0.0478. The van der Waals surface area contributed by atoms with E-state index in [0.29, 0.717) is 30.8 Å². The first-order chi connectivity index (χ1) is 14.0. The Labute approximate surface area is 171 Å². The second-order valence-corrected chi connectivity index (χ2v) is 6.58. The second-order valence-electron chi connectivity index (χ2n) is 6.58. The van der Waals surface area contributed by atoms with Crippen molar-refractivity contribution in [3.8, 4) is 0 Å². The van der Waals surface area contributed by atoms with E-state index in [0.717, 1.165) is 5.56 Å². The summed E-state index contributed by atoms with van der Waals surface area (Å²) in [6, 6.07) is 16.0. The van der Waals surface area contributed by atoms with Crippen LogP contribution in [0.15, 0.2) is 54.6 Å². The molecule has 0 heterocycles. The number of nitrogens with zero attached hydrogens (tertiary/aromatic N) is 1. The molecule has 2 amide bonds. The molecular formula is C23H28N2O4. The van der Waals surface area contributed by atoms with Gasteiger partial charge in [0.2, 0.25) is 0 Å². The minimum atomic E-state index is -0.427. The lowest BCUT2D eigenvalue weighted by Crippen LogP contribution is -2.30. The minimum Gasteiger partial charge on any atom is -0.455 e. The topological polar surface area (TPSA) is 75.7 Å². The van der Waals surface area contributed by atoms with E-state index in [1.807, 2.05) is 51.1 Å². The van der Waals surface area contributed by atoms with Gasteiger partial charge < -0.3 is 15.0 Å². The van der Waals surface area contributed by atoms with Crippen LogP contribution >= 0.6 is 0 Å². The molecule has 0 saturated carbocycles. The number of rotatable bonds is 9. The molecule has 2 rings (SSSR count). The lowest BCUT2D eigenvalue weighted by atomic mass is 9.97. The van der Waals surface area contributed by atoms with Crippen LogP contribution in [0.2, 0.25) is 0 Å². The zero-order valence-electron chi connectivity index (χ0n) is 17.2. The highest BCUT2D eigenvalue weighted by atomic mass is 16.5. The SMILES string of the molecule is CC[C@@H](C(=O)OCC(=O)Nc1ccc(C(=O)N(CC)CC)cc1)c1ccccc1. The maximum Gasteiger partial charge on any atom is 0.313 e. The molecule has 154 valence electrons. The van der Waals surface area contributed by atoms with Gasteiger partial charge in [-0.15, -0.1) is 0 Å². The van der Waals surface area contributed by atoms with Crippen LogP contribution in [-0.2, 0) is 14.3 Å². The number of amides is 2. The summed E-state index contributed by atoms with van der Waals surface area (Å²) in [4.78, 5) is 38.5. The number of carbonyl (C=O) groups excluding carboxylic acids is 3. The number of esters is 1. The van der Waals surface area contributed by atoms with Gasteiger partial charge in [-0.25, -0.2) is 0 Å². The summed E-state index contributed by atoms with van der Waals surface area (Å²) in [7, 11) is 0. The van der Waals surface area contributed by atoms with Crippen molar-refractivity contribution in [3.05, 3.63) is 65.7 Å². The Bertz CT molecular complexity index is 815. The van der Waals surface area contributed by atoms with Gasteiger partial charge >= 0.3 is 5.97 Å². The standard InChI is InChI=1S/C23H28N2O4/c1-4-20(17-10-8-7-9-11-17)23(28)29-16-21(26)24-19-14-12-18(13-15-19)22(27)25(5-2)6-3/h7-15,20H,4-6,16H2,1-3H3,(H,24,26)/t20-/m1/s1. The van der Waals surface area contributed by atoms with Gasteiger partial charge in [-0.2, -0.15) is 0 Å². The zero-order chi connectivity index (χ0) is 21.2. The number of hydrogen-bond donors (Lipinski definition) is 1. The van der Waals surface area contributed by atoms with Crippen LogP contribution in [0.25, 0.3) is 0 Å². The van der Waals surface area contributed by atoms with Crippen molar-refractivity contribution in [2.24, 2.45) is 0 Å². The van der Waals surface area contributed by atoms with Crippen LogP contribution < -0.4 is 5.32 Å². The van der Waals surface area contributed by atoms with E-state index in [1.54, 1.807) is 29.2 Å².